The normalized spacial score (nSPS) is 11.8. The number of benzene rings is 1. The molecule has 7 heteroatoms. The molecule has 0 atom stereocenters. The number of ether oxygens (including phenoxy) is 1. The molecular weight excluding hydrogens is 293 g/mol. The SMILES string of the molecule is CSCCOc1ccc(/C=C/C(=O)O)cc1C(F)(F)F. The number of aliphatic carboxylic acids is 1. The van der Waals surface area contributed by atoms with Crippen LogP contribution in [0.15, 0.2) is 24.3 Å². The first-order chi connectivity index (χ1) is 9.34. The molecule has 0 fully saturated rings. The second-order valence-electron chi connectivity index (χ2n) is 3.77. The van der Waals surface area contributed by atoms with Crippen LogP contribution in [-0.2, 0) is 11.0 Å². The summed E-state index contributed by atoms with van der Waals surface area (Å²) < 4.78 is 43.8. The smallest absolute Gasteiger partial charge is 0.419 e. The fourth-order valence-corrected chi connectivity index (χ4v) is 1.65. The van der Waals surface area contributed by atoms with Crippen LogP contribution < -0.4 is 4.74 Å². The molecule has 0 saturated carbocycles. The van der Waals surface area contributed by atoms with Crippen molar-refractivity contribution < 1.29 is 27.8 Å². The van der Waals surface area contributed by atoms with Crippen LogP contribution in [0.5, 0.6) is 5.75 Å². The summed E-state index contributed by atoms with van der Waals surface area (Å²) in [6, 6.07) is 3.45. The summed E-state index contributed by atoms with van der Waals surface area (Å²) in [5.41, 5.74) is -0.761. The molecule has 1 N–H and O–H groups in total. The number of halogens is 3. The van der Waals surface area contributed by atoms with Crippen molar-refractivity contribution in [3.8, 4) is 5.75 Å². The Kier molecular flexibility index (Phi) is 5.94. The van der Waals surface area contributed by atoms with E-state index in [1.54, 1.807) is 0 Å². The van der Waals surface area contributed by atoms with Gasteiger partial charge in [-0.3, -0.25) is 0 Å². The van der Waals surface area contributed by atoms with Crippen molar-refractivity contribution in [2.24, 2.45) is 0 Å². The van der Waals surface area contributed by atoms with Crippen LogP contribution in [-0.4, -0.2) is 29.7 Å². The molecule has 0 aliphatic heterocycles. The van der Waals surface area contributed by atoms with E-state index in [0.29, 0.717) is 5.75 Å². The van der Waals surface area contributed by atoms with Gasteiger partial charge in [0.25, 0.3) is 0 Å². The Morgan fingerprint density at radius 2 is 2.15 bits per heavy atom. The van der Waals surface area contributed by atoms with Crippen LogP contribution in [0.2, 0.25) is 0 Å². The fourth-order valence-electron chi connectivity index (χ4n) is 1.40. The van der Waals surface area contributed by atoms with Crippen molar-refractivity contribution in [2.45, 2.75) is 6.18 Å². The summed E-state index contributed by atoms with van der Waals surface area (Å²) in [5.74, 6) is -0.893. The molecule has 0 aliphatic carbocycles. The number of thioether (sulfide) groups is 1. The topological polar surface area (TPSA) is 46.5 Å². The highest BCUT2D eigenvalue weighted by Gasteiger charge is 2.34. The summed E-state index contributed by atoms with van der Waals surface area (Å²) in [4.78, 5) is 10.4. The highest BCUT2D eigenvalue weighted by Crippen LogP contribution is 2.37. The van der Waals surface area contributed by atoms with Gasteiger partial charge in [0.05, 0.1) is 12.2 Å². The van der Waals surface area contributed by atoms with Crippen LogP contribution in [0.1, 0.15) is 11.1 Å². The maximum absolute atomic E-state index is 12.9. The van der Waals surface area contributed by atoms with Crippen LogP contribution in [0, 0.1) is 0 Å². The van der Waals surface area contributed by atoms with E-state index in [9.17, 15) is 18.0 Å². The third-order valence-electron chi connectivity index (χ3n) is 2.27. The largest absolute Gasteiger partial charge is 0.492 e. The Balaban J connectivity index is 3.04. The summed E-state index contributed by atoms with van der Waals surface area (Å²) in [7, 11) is 0. The first kappa shape index (κ1) is 16.4. The number of carbonyl (C=O) groups is 1. The average Bonchev–Trinajstić information content (AvgIpc) is 2.36. The molecule has 0 amide bonds. The molecule has 0 heterocycles. The molecule has 1 rings (SSSR count). The van der Waals surface area contributed by atoms with Gasteiger partial charge in [-0.1, -0.05) is 6.07 Å². The highest BCUT2D eigenvalue weighted by molar-refractivity contribution is 7.98. The van der Waals surface area contributed by atoms with E-state index in [4.69, 9.17) is 9.84 Å². The molecule has 0 spiro atoms. The van der Waals surface area contributed by atoms with Gasteiger partial charge in [-0.25, -0.2) is 4.79 Å². The minimum absolute atomic E-state index is 0.150. The zero-order chi connectivity index (χ0) is 15.2. The molecule has 0 bridgehead atoms. The first-order valence-electron chi connectivity index (χ1n) is 5.58. The van der Waals surface area contributed by atoms with Crippen LogP contribution in [0.3, 0.4) is 0 Å². The Hall–Kier alpha value is -1.63. The Labute approximate surface area is 118 Å². The van der Waals surface area contributed by atoms with Gasteiger partial charge >= 0.3 is 12.1 Å². The third kappa shape index (κ3) is 5.16. The maximum atomic E-state index is 12.9. The molecule has 0 saturated heterocycles. The zero-order valence-corrected chi connectivity index (χ0v) is 11.4. The standard InChI is InChI=1S/C13H13F3O3S/c1-20-7-6-19-11-4-2-9(3-5-12(17)18)8-10(11)13(14,15)16/h2-5,8H,6-7H2,1H3,(H,17,18)/b5-3+. The first-order valence-corrected chi connectivity index (χ1v) is 6.98. The van der Waals surface area contributed by atoms with Gasteiger partial charge in [0.15, 0.2) is 0 Å². The molecule has 1 aromatic rings. The third-order valence-corrected chi connectivity index (χ3v) is 2.85. The van der Waals surface area contributed by atoms with Crippen molar-refractivity contribution in [3.05, 3.63) is 35.4 Å². The van der Waals surface area contributed by atoms with Gasteiger partial charge in [0.2, 0.25) is 0 Å². The van der Waals surface area contributed by atoms with Crippen LogP contribution >= 0.6 is 11.8 Å². The van der Waals surface area contributed by atoms with E-state index in [2.05, 4.69) is 0 Å². The van der Waals surface area contributed by atoms with Gasteiger partial charge < -0.3 is 9.84 Å². The van der Waals surface area contributed by atoms with Crippen molar-refractivity contribution >= 4 is 23.8 Å². The average molecular weight is 306 g/mol. The molecule has 0 unspecified atom stereocenters. The van der Waals surface area contributed by atoms with E-state index in [0.717, 1.165) is 18.2 Å². The van der Waals surface area contributed by atoms with Crippen molar-refractivity contribution in [1.29, 1.82) is 0 Å². The lowest BCUT2D eigenvalue weighted by Gasteiger charge is -2.14. The zero-order valence-electron chi connectivity index (χ0n) is 10.6. The summed E-state index contributed by atoms with van der Waals surface area (Å²) in [6.07, 6.45) is -0.845. The number of hydrogen-bond acceptors (Lipinski definition) is 3. The maximum Gasteiger partial charge on any atom is 0.419 e. The summed E-state index contributed by atoms with van der Waals surface area (Å²) in [5, 5.41) is 8.47. The Morgan fingerprint density at radius 3 is 2.70 bits per heavy atom. The second kappa shape index (κ2) is 7.23. The lowest BCUT2D eigenvalue weighted by molar-refractivity contribution is -0.139. The fraction of sp³-hybridized carbons (Fsp3) is 0.308. The molecular formula is C13H13F3O3S. The predicted molar refractivity (Wildman–Crippen MR) is 72.0 cm³/mol. The van der Waals surface area contributed by atoms with Gasteiger partial charge in [0, 0.05) is 11.8 Å². The van der Waals surface area contributed by atoms with Gasteiger partial charge in [0.1, 0.15) is 5.75 Å². The molecule has 110 valence electrons. The molecule has 0 radical (unpaired) electrons. The summed E-state index contributed by atoms with van der Waals surface area (Å²) >= 11 is 1.47. The minimum Gasteiger partial charge on any atom is -0.492 e. The Morgan fingerprint density at radius 1 is 1.45 bits per heavy atom. The van der Waals surface area contributed by atoms with E-state index >= 15 is 0 Å². The lowest BCUT2D eigenvalue weighted by Crippen LogP contribution is -2.10. The van der Waals surface area contributed by atoms with E-state index in [1.807, 2.05) is 6.26 Å². The van der Waals surface area contributed by atoms with Gasteiger partial charge in [-0.05, 0) is 30.0 Å². The number of carboxylic acid groups (broad SMARTS) is 1. The predicted octanol–water partition coefficient (Wildman–Crippen LogP) is 3.55. The van der Waals surface area contributed by atoms with E-state index in [1.165, 1.54) is 23.9 Å². The number of alkyl halides is 3. The van der Waals surface area contributed by atoms with Crippen LogP contribution in [0.4, 0.5) is 13.2 Å². The molecule has 0 aliphatic rings. The summed E-state index contributed by atoms with van der Waals surface area (Å²) in [6.45, 7) is 0.175. The quantitative estimate of drug-likeness (QED) is 0.645. The monoisotopic (exact) mass is 306 g/mol. The lowest BCUT2D eigenvalue weighted by atomic mass is 10.1. The number of carboxylic acids is 1. The molecule has 3 nitrogen and oxygen atoms in total. The Bertz CT molecular complexity index is 498. The van der Waals surface area contributed by atoms with Crippen molar-refractivity contribution in [3.63, 3.8) is 0 Å². The van der Waals surface area contributed by atoms with Gasteiger partial charge in [-0.2, -0.15) is 24.9 Å². The number of hydrogen-bond donors (Lipinski definition) is 1. The molecule has 20 heavy (non-hydrogen) atoms. The van der Waals surface area contributed by atoms with Gasteiger partial charge in [-0.15, -0.1) is 0 Å². The van der Waals surface area contributed by atoms with Crippen molar-refractivity contribution in [1.82, 2.24) is 0 Å². The second-order valence-corrected chi connectivity index (χ2v) is 4.75. The van der Waals surface area contributed by atoms with E-state index in [-0.39, 0.29) is 17.9 Å². The minimum atomic E-state index is -4.55. The van der Waals surface area contributed by atoms with Crippen molar-refractivity contribution in [2.75, 3.05) is 18.6 Å². The van der Waals surface area contributed by atoms with E-state index < -0.39 is 17.7 Å². The molecule has 1 aromatic carbocycles. The highest BCUT2D eigenvalue weighted by atomic mass is 32.2. The number of rotatable bonds is 6. The van der Waals surface area contributed by atoms with Crippen LogP contribution in [0.25, 0.3) is 6.08 Å². The molecule has 0 aromatic heterocycles.